The second-order valence-corrected chi connectivity index (χ2v) is 6.29. The number of ketones is 1. The van der Waals surface area contributed by atoms with Gasteiger partial charge in [-0.3, -0.25) is 4.79 Å². The van der Waals surface area contributed by atoms with Crippen molar-refractivity contribution < 1.29 is 27.5 Å². The molecule has 9 heteroatoms. The molecule has 27 heavy (non-hydrogen) atoms. The number of nitrogens with zero attached hydrogens (tertiary/aromatic N) is 2. The summed E-state index contributed by atoms with van der Waals surface area (Å²) < 4.78 is 47.1. The highest BCUT2D eigenvalue weighted by atomic mass is 32.1. The summed E-state index contributed by atoms with van der Waals surface area (Å²) in [6, 6.07) is 10.4. The summed E-state index contributed by atoms with van der Waals surface area (Å²) in [7, 11) is 0. The Hall–Kier alpha value is -2.94. The van der Waals surface area contributed by atoms with Crippen molar-refractivity contribution in [3.05, 3.63) is 69.7 Å². The number of halogens is 3. The van der Waals surface area contributed by atoms with Gasteiger partial charge in [0.25, 0.3) is 0 Å². The molecule has 2 aromatic heterocycles. The third-order valence-corrected chi connectivity index (χ3v) is 4.46. The average molecular weight is 394 g/mol. The van der Waals surface area contributed by atoms with Gasteiger partial charge in [-0.2, -0.15) is 18.3 Å². The zero-order chi connectivity index (χ0) is 19.6. The van der Waals surface area contributed by atoms with Crippen molar-refractivity contribution in [2.75, 3.05) is 6.61 Å². The lowest BCUT2D eigenvalue weighted by Gasteiger charge is -2.12. The largest absolute Gasteiger partial charge is 0.461 e. The molecule has 0 spiro atoms. The zero-order valence-electron chi connectivity index (χ0n) is 14.0. The fraction of sp³-hybridized carbons (Fsp3) is 0.167. The number of benzene rings is 1. The van der Waals surface area contributed by atoms with Crippen molar-refractivity contribution >= 4 is 23.1 Å². The molecule has 0 atom stereocenters. The third-order valence-electron chi connectivity index (χ3n) is 3.60. The van der Waals surface area contributed by atoms with Crippen molar-refractivity contribution in [1.82, 2.24) is 9.78 Å². The number of rotatable bonds is 5. The van der Waals surface area contributed by atoms with Crippen LogP contribution in [-0.2, 0) is 10.9 Å². The summed E-state index contributed by atoms with van der Waals surface area (Å²) >= 11 is 0.978. The normalized spacial score (nSPS) is 11.4. The molecule has 0 N–H and O–H groups in total. The Labute approximate surface area is 156 Å². The van der Waals surface area contributed by atoms with Crippen LogP contribution in [0.15, 0.2) is 47.8 Å². The Kier molecular flexibility index (Phi) is 5.13. The van der Waals surface area contributed by atoms with Crippen LogP contribution >= 0.6 is 11.3 Å². The van der Waals surface area contributed by atoms with Crippen molar-refractivity contribution in [2.45, 2.75) is 13.1 Å². The number of aromatic nitrogens is 2. The van der Waals surface area contributed by atoms with Crippen molar-refractivity contribution in [3.63, 3.8) is 0 Å². The van der Waals surface area contributed by atoms with Crippen LogP contribution in [0.1, 0.15) is 38.3 Å². The van der Waals surface area contributed by atoms with E-state index in [0.29, 0.717) is 4.68 Å². The van der Waals surface area contributed by atoms with E-state index >= 15 is 0 Å². The molecule has 5 nitrogen and oxygen atoms in total. The topological polar surface area (TPSA) is 61.2 Å². The number of carbonyl (C=O) groups excluding carboxylic acids is 2. The van der Waals surface area contributed by atoms with Gasteiger partial charge in [-0.25, -0.2) is 9.48 Å². The number of alkyl halides is 3. The summed E-state index contributed by atoms with van der Waals surface area (Å²) in [5.41, 5.74) is -2.71. The molecular weight excluding hydrogens is 381 g/mol. The van der Waals surface area contributed by atoms with Crippen LogP contribution in [0.3, 0.4) is 0 Å². The summed E-state index contributed by atoms with van der Waals surface area (Å²) in [4.78, 5) is 25.1. The molecule has 0 fully saturated rings. The molecule has 0 saturated heterocycles. The fourth-order valence-corrected chi connectivity index (χ4v) is 3.19. The number of ether oxygens (including phenoxy) is 1. The first kappa shape index (κ1) is 18.8. The van der Waals surface area contributed by atoms with Crippen LogP contribution < -0.4 is 0 Å². The smallest absolute Gasteiger partial charge is 0.434 e. The highest BCUT2D eigenvalue weighted by Crippen LogP contribution is 2.37. The van der Waals surface area contributed by atoms with Crippen LogP contribution in [-0.4, -0.2) is 28.1 Å². The monoisotopic (exact) mass is 394 g/mol. The number of para-hydroxylation sites is 1. The lowest BCUT2D eigenvalue weighted by atomic mass is 10.1. The number of carbonyl (C=O) groups is 2. The molecule has 0 saturated carbocycles. The molecule has 0 aliphatic heterocycles. The Morgan fingerprint density at radius 3 is 2.41 bits per heavy atom. The Morgan fingerprint density at radius 1 is 1.15 bits per heavy atom. The van der Waals surface area contributed by atoms with Gasteiger partial charge in [0.05, 0.1) is 22.7 Å². The molecule has 2 heterocycles. The van der Waals surface area contributed by atoms with E-state index in [1.54, 1.807) is 11.4 Å². The summed E-state index contributed by atoms with van der Waals surface area (Å²) in [5, 5.41) is 5.36. The molecule has 0 aliphatic carbocycles. The van der Waals surface area contributed by atoms with Gasteiger partial charge in [-0.15, -0.1) is 11.3 Å². The van der Waals surface area contributed by atoms with Crippen LogP contribution in [0.2, 0.25) is 0 Å². The lowest BCUT2D eigenvalue weighted by molar-refractivity contribution is -0.143. The van der Waals surface area contributed by atoms with Gasteiger partial charge >= 0.3 is 12.1 Å². The summed E-state index contributed by atoms with van der Waals surface area (Å²) in [6.45, 7) is 1.45. The Morgan fingerprint density at radius 2 is 1.85 bits per heavy atom. The predicted octanol–water partition coefficient (Wildman–Crippen LogP) is 4.36. The van der Waals surface area contributed by atoms with E-state index in [-0.39, 0.29) is 17.2 Å². The molecule has 3 aromatic rings. The average Bonchev–Trinajstić information content (AvgIpc) is 3.29. The summed E-state index contributed by atoms with van der Waals surface area (Å²) in [6.07, 6.45) is -4.92. The minimum atomic E-state index is -4.92. The maximum atomic E-state index is 13.9. The molecule has 3 rings (SSSR count). The van der Waals surface area contributed by atoms with Gasteiger partial charge < -0.3 is 4.74 Å². The van der Waals surface area contributed by atoms with Gasteiger partial charge in [-0.05, 0) is 30.5 Å². The minimum absolute atomic E-state index is 0.0645. The predicted molar refractivity (Wildman–Crippen MR) is 92.3 cm³/mol. The first-order valence-corrected chi connectivity index (χ1v) is 8.73. The quantitative estimate of drug-likeness (QED) is 0.477. The van der Waals surface area contributed by atoms with Gasteiger partial charge in [0.1, 0.15) is 0 Å². The second-order valence-electron chi connectivity index (χ2n) is 5.34. The van der Waals surface area contributed by atoms with Crippen molar-refractivity contribution in [1.29, 1.82) is 0 Å². The van der Waals surface area contributed by atoms with Crippen LogP contribution in [0, 0.1) is 0 Å². The standard InChI is InChI=1S/C18H13F3N2O3S/c1-2-26-17(25)14-13(15(24)12-9-6-10-27-12)16(18(19,20)21)23(22-14)11-7-4-3-5-8-11/h3-10H,2H2,1H3. The maximum absolute atomic E-state index is 13.9. The van der Waals surface area contributed by atoms with E-state index in [0.717, 1.165) is 11.3 Å². The maximum Gasteiger partial charge on any atom is 0.434 e. The molecular formula is C18H13F3N2O3S. The number of hydrogen-bond donors (Lipinski definition) is 0. The Balaban J connectivity index is 2.32. The number of thiophene rings is 1. The number of hydrogen-bond acceptors (Lipinski definition) is 5. The highest BCUT2D eigenvalue weighted by Gasteiger charge is 2.44. The van der Waals surface area contributed by atoms with Crippen LogP contribution in [0.25, 0.3) is 5.69 Å². The number of esters is 1. The zero-order valence-corrected chi connectivity index (χ0v) is 14.8. The highest BCUT2D eigenvalue weighted by molar-refractivity contribution is 7.12. The molecule has 1 aromatic carbocycles. The molecule has 0 amide bonds. The Bertz CT molecular complexity index is 964. The first-order chi connectivity index (χ1) is 12.8. The molecule has 0 bridgehead atoms. The van der Waals surface area contributed by atoms with E-state index in [1.807, 2.05) is 0 Å². The van der Waals surface area contributed by atoms with Gasteiger partial charge in [-0.1, -0.05) is 24.3 Å². The van der Waals surface area contributed by atoms with E-state index < -0.39 is 34.9 Å². The van der Waals surface area contributed by atoms with Crippen molar-refractivity contribution in [3.8, 4) is 5.69 Å². The second kappa shape index (κ2) is 7.36. The molecule has 140 valence electrons. The van der Waals surface area contributed by atoms with Gasteiger partial charge in [0.15, 0.2) is 11.4 Å². The van der Waals surface area contributed by atoms with Crippen LogP contribution in [0.5, 0.6) is 0 Å². The van der Waals surface area contributed by atoms with E-state index in [9.17, 15) is 22.8 Å². The molecule has 0 aliphatic rings. The molecule has 0 radical (unpaired) electrons. The lowest BCUT2D eigenvalue weighted by Crippen LogP contribution is -2.18. The summed E-state index contributed by atoms with van der Waals surface area (Å²) in [5.74, 6) is -2.01. The van der Waals surface area contributed by atoms with Gasteiger partial charge in [0.2, 0.25) is 5.78 Å². The first-order valence-electron chi connectivity index (χ1n) is 7.85. The SMILES string of the molecule is CCOC(=O)c1nn(-c2ccccc2)c(C(F)(F)F)c1C(=O)c1cccs1. The molecule has 0 unspecified atom stereocenters. The fourth-order valence-electron chi connectivity index (χ4n) is 2.52. The van der Waals surface area contributed by atoms with E-state index in [1.165, 1.54) is 43.3 Å². The van der Waals surface area contributed by atoms with Crippen LogP contribution in [0.4, 0.5) is 13.2 Å². The van der Waals surface area contributed by atoms with E-state index in [2.05, 4.69) is 5.10 Å². The van der Waals surface area contributed by atoms with Gasteiger partial charge in [0, 0.05) is 0 Å². The van der Waals surface area contributed by atoms with E-state index in [4.69, 9.17) is 4.74 Å². The van der Waals surface area contributed by atoms with Crippen molar-refractivity contribution in [2.24, 2.45) is 0 Å². The third kappa shape index (κ3) is 3.63. The minimum Gasteiger partial charge on any atom is -0.461 e.